The summed E-state index contributed by atoms with van der Waals surface area (Å²) < 4.78 is 4.97. The zero-order valence-corrected chi connectivity index (χ0v) is 9.25. The van der Waals surface area contributed by atoms with Crippen LogP contribution in [0, 0.1) is 0 Å². The van der Waals surface area contributed by atoms with Gasteiger partial charge >= 0.3 is 5.97 Å². The highest BCUT2D eigenvalue weighted by molar-refractivity contribution is 5.91. The van der Waals surface area contributed by atoms with Crippen LogP contribution in [-0.2, 0) is 17.7 Å². The van der Waals surface area contributed by atoms with Crippen LogP contribution in [0.2, 0.25) is 0 Å². The summed E-state index contributed by atoms with van der Waals surface area (Å²) in [4.78, 5) is 11.6. The smallest absolute Gasteiger partial charge is 0.338 e. The molecule has 1 rings (SSSR count). The lowest BCUT2D eigenvalue weighted by atomic mass is 10.0. The van der Waals surface area contributed by atoms with Crippen LogP contribution in [0.5, 0.6) is 0 Å². The third kappa shape index (κ3) is 2.80. The molecule has 1 aromatic rings. The van der Waals surface area contributed by atoms with Crippen LogP contribution < -0.4 is 5.73 Å². The molecule has 2 N–H and O–H groups in total. The maximum atomic E-state index is 11.6. The van der Waals surface area contributed by atoms with Crippen molar-refractivity contribution in [3.8, 4) is 0 Å². The van der Waals surface area contributed by atoms with E-state index in [9.17, 15) is 4.79 Å². The molecule has 0 aliphatic heterocycles. The summed E-state index contributed by atoms with van der Waals surface area (Å²) in [6.45, 7) is 4.72. The fourth-order valence-corrected chi connectivity index (χ4v) is 1.47. The molecule has 3 heteroatoms. The summed E-state index contributed by atoms with van der Waals surface area (Å²) in [6, 6.07) is 5.62. The number of esters is 1. The molecule has 0 spiro atoms. The van der Waals surface area contributed by atoms with Crippen molar-refractivity contribution in [2.24, 2.45) is 5.73 Å². The van der Waals surface area contributed by atoms with Gasteiger partial charge in [-0.05, 0) is 30.5 Å². The first kappa shape index (κ1) is 11.7. The zero-order chi connectivity index (χ0) is 11.3. The number of ether oxygens (including phenoxy) is 1. The Hall–Kier alpha value is -1.35. The highest BCUT2D eigenvalue weighted by Gasteiger charge is 2.11. The number of carbonyl (C=O) groups excluding carboxylic acids is 1. The van der Waals surface area contributed by atoms with Gasteiger partial charge in [0, 0.05) is 6.54 Å². The van der Waals surface area contributed by atoms with Crippen molar-refractivity contribution >= 4 is 5.97 Å². The fourth-order valence-electron chi connectivity index (χ4n) is 1.47. The molecule has 0 aromatic heterocycles. The quantitative estimate of drug-likeness (QED) is 0.767. The normalized spacial score (nSPS) is 10.1. The fraction of sp³-hybridized carbons (Fsp3) is 0.417. The van der Waals surface area contributed by atoms with Crippen LogP contribution in [0.25, 0.3) is 0 Å². The average molecular weight is 207 g/mol. The number of carbonyl (C=O) groups is 1. The second-order valence-corrected chi connectivity index (χ2v) is 3.27. The van der Waals surface area contributed by atoms with Gasteiger partial charge < -0.3 is 10.5 Å². The van der Waals surface area contributed by atoms with Crippen molar-refractivity contribution in [2.45, 2.75) is 26.8 Å². The van der Waals surface area contributed by atoms with Gasteiger partial charge in [-0.3, -0.25) is 0 Å². The molecule has 15 heavy (non-hydrogen) atoms. The Morgan fingerprint density at radius 1 is 1.40 bits per heavy atom. The highest BCUT2D eigenvalue weighted by atomic mass is 16.5. The lowest BCUT2D eigenvalue weighted by Gasteiger charge is -2.08. The zero-order valence-electron chi connectivity index (χ0n) is 9.25. The maximum Gasteiger partial charge on any atom is 0.338 e. The van der Waals surface area contributed by atoms with Gasteiger partial charge in [-0.25, -0.2) is 4.79 Å². The molecule has 0 aliphatic carbocycles. The summed E-state index contributed by atoms with van der Waals surface area (Å²) >= 11 is 0. The molecule has 82 valence electrons. The van der Waals surface area contributed by atoms with Crippen LogP contribution in [0.3, 0.4) is 0 Å². The molecule has 0 aliphatic rings. The molecule has 0 heterocycles. The maximum absolute atomic E-state index is 11.6. The van der Waals surface area contributed by atoms with Crippen LogP contribution in [0.15, 0.2) is 18.2 Å². The Kier molecular flexibility index (Phi) is 4.31. The Morgan fingerprint density at radius 2 is 2.13 bits per heavy atom. The van der Waals surface area contributed by atoms with Gasteiger partial charge in [-0.2, -0.15) is 0 Å². The van der Waals surface area contributed by atoms with E-state index in [4.69, 9.17) is 10.5 Å². The molecule has 0 bridgehead atoms. The molecule has 0 unspecified atom stereocenters. The van der Waals surface area contributed by atoms with Gasteiger partial charge in [-0.1, -0.05) is 19.1 Å². The van der Waals surface area contributed by atoms with Gasteiger partial charge in [0.25, 0.3) is 0 Å². The number of rotatable bonds is 4. The molecular formula is C12H17NO2. The number of nitrogens with two attached hydrogens (primary N) is 1. The minimum Gasteiger partial charge on any atom is -0.462 e. The van der Waals surface area contributed by atoms with Gasteiger partial charge in [0.2, 0.25) is 0 Å². The molecule has 0 saturated carbocycles. The van der Waals surface area contributed by atoms with Crippen molar-refractivity contribution in [1.82, 2.24) is 0 Å². The lowest BCUT2D eigenvalue weighted by Crippen LogP contribution is -2.09. The molecule has 0 radical (unpaired) electrons. The molecule has 3 nitrogen and oxygen atoms in total. The number of benzene rings is 1. The molecule has 0 atom stereocenters. The largest absolute Gasteiger partial charge is 0.462 e. The molecule has 0 fully saturated rings. The van der Waals surface area contributed by atoms with E-state index in [1.54, 1.807) is 13.0 Å². The topological polar surface area (TPSA) is 52.3 Å². The van der Waals surface area contributed by atoms with Crippen molar-refractivity contribution in [1.29, 1.82) is 0 Å². The third-order valence-corrected chi connectivity index (χ3v) is 2.28. The molecule has 0 saturated heterocycles. The first-order chi connectivity index (χ1) is 7.22. The number of hydrogen-bond acceptors (Lipinski definition) is 3. The molecule has 1 aromatic carbocycles. The van der Waals surface area contributed by atoms with Crippen LogP contribution in [0.4, 0.5) is 0 Å². The summed E-state index contributed by atoms with van der Waals surface area (Å²) in [6.07, 6.45) is 0.808. The lowest BCUT2D eigenvalue weighted by molar-refractivity contribution is 0.0525. The van der Waals surface area contributed by atoms with Crippen LogP contribution >= 0.6 is 0 Å². The Labute approximate surface area is 90.2 Å². The second kappa shape index (κ2) is 5.51. The summed E-state index contributed by atoms with van der Waals surface area (Å²) in [5.74, 6) is -0.252. The standard InChI is InChI=1S/C12H17NO2/c1-3-10-7-9(8-13)5-6-11(10)12(14)15-4-2/h5-7H,3-4,8,13H2,1-2H3. The van der Waals surface area contributed by atoms with E-state index in [1.807, 2.05) is 19.1 Å². The van der Waals surface area contributed by atoms with Crippen molar-refractivity contribution < 1.29 is 9.53 Å². The van der Waals surface area contributed by atoms with E-state index in [1.165, 1.54) is 0 Å². The van der Waals surface area contributed by atoms with Crippen molar-refractivity contribution in [3.05, 3.63) is 34.9 Å². The van der Waals surface area contributed by atoms with E-state index < -0.39 is 0 Å². The SMILES string of the molecule is CCOC(=O)c1ccc(CN)cc1CC. The van der Waals surface area contributed by atoms with Gasteiger partial charge in [-0.15, -0.1) is 0 Å². The van der Waals surface area contributed by atoms with Gasteiger partial charge in [0.1, 0.15) is 0 Å². The van der Waals surface area contributed by atoms with Crippen LogP contribution in [0.1, 0.15) is 35.3 Å². The third-order valence-electron chi connectivity index (χ3n) is 2.28. The Balaban J connectivity index is 3.02. The van der Waals surface area contributed by atoms with E-state index in [0.717, 1.165) is 17.5 Å². The average Bonchev–Trinajstić information content (AvgIpc) is 2.28. The minimum atomic E-state index is -0.252. The first-order valence-corrected chi connectivity index (χ1v) is 5.21. The Bertz CT molecular complexity index is 347. The van der Waals surface area contributed by atoms with Gasteiger partial charge in [0.05, 0.1) is 12.2 Å². The Morgan fingerprint density at radius 3 is 2.67 bits per heavy atom. The molecule has 0 amide bonds. The van der Waals surface area contributed by atoms with Crippen molar-refractivity contribution in [3.63, 3.8) is 0 Å². The second-order valence-electron chi connectivity index (χ2n) is 3.27. The van der Waals surface area contributed by atoms with E-state index in [2.05, 4.69) is 0 Å². The van der Waals surface area contributed by atoms with E-state index >= 15 is 0 Å². The summed E-state index contributed by atoms with van der Waals surface area (Å²) in [5, 5.41) is 0. The number of hydrogen-bond donors (Lipinski definition) is 1. The van der Waals surface area contributed by atoms with E-state index in [-0.39, 0.29) is 5.97 Å². The predicted octanol–water partition coefficient (Wildman–Crippen LogP) is 1.88. The van der Waals surface area contributed by atoms with Crippen molar-refractivity contribution in [2.75, 3.05) is 6.61 Å². The highest BCUT2D eigenvalue weighted by Crippen LogP contribution is 2.14. The summed E-state index contributed by atoms with van der Waals surface area (Å²) in [7, 11) is 0. The number of aryl methyl sites for hydroxylation is 1. The van der Waals surface area contributed by atoms with Gasteiger partial charge in [0.15, 0.2) is 0 Å². The summed E-state index contributed by atoms with van der Waals surface area (Å²) in [5.41, 5.74) is 8.23. The first-order valence-electron chi connectivity index (χ1n) is 5.21. The minimum absolute atomic E-state index is 0.252. The monoisotopic (exact) mass is 207 g/mol. The van der Waals surface area contributed by atoms with E-state index in [0.29, 0.717) is 18.7 Å². The van der Waals surface area contributed by atoms with Crippen LogP contribution in [-0.4, -0.2) is 12.6 Å². The predicted molar refractivity (Wildman–Crippen MR) is 59.7 cm³/mol. The molecular weight excluding hydrogens is 190 g/mol.